The van der Waals surface area contributed by atoms with Crippen LogP contribution in [0.4, 0.5) is 5.69 Å². The van der Waals surface area contributed by atoms with E-state index in [9.17, 15) is 18.0 Å². The maximum absolute atomic E-state index is 13.2. The van der Waals surface area contributed by atoms with Crippen molar-refractivity contribution in [3.8, 4) is 5.75 Å². The lowest BCUT2D eigenvalue weighted by atomic mass is 9.97. The quantitative estimate of drug-likeness (QED) is 0.692. The van der Waals surface area contributed by atoms with E-state index in [2.05, 4.69) is 9.88 Å². The summed E-state index contributed by atoms with van der Waals surface area (Å²) in [5.74, 6) is 0.775. The number of anilines is 1. The minimum atomic E-state index is -3.35. The van der Waals surface area contributed by atoms with Gasteiger partial charge in [-0.05, 0) is 18.6 Å². The molecule has 1 N–H and O–H groups in total. The van der Waals surface area contributed by atoms with Crippen LogP contribution in [0, 0.1) is 0 Å². The summed E-state index contributed by atoms with van der Waals surface area (Å²) in [7, 11) is -1.72. The van der Waals surface area contributed by atoms with Gasteiger partial charge in [0.05, 0.1) is 48.5 Å². The molecule has 3 aliphatic heterocycles. The Hall–Kier alpha value is -2.79. The molecule has 31 heavy (non-hydrogen) atoms. The molecule has 11 heteroatoms. The van der Waals surface area contributed by atoms with Gasteiger partial charge < -0.3 is 24.4 Å². The second-order valence-electron chi connectivity index (χ2n) is 8.14. The third-order valence-electron chi connectivity index (χ3n) is 6.36. The van der Waals surface area contributed by atoms with Crippen molar-refractivity contribution in [1.82, 2.24) is 9.66 Å². The van der Waals surface area contributed by atoms with E-state index in [-0.39, 0.29) is 6.42 Å². The van der Waals surface area contributed by atoms with Gasteiger partial charge in [0.15, 0.2) is 9.84 Å². The Morgan fingerprint density at radius 1 is 1.13 bits per heavy atom. The molecule has 3 aliphatic rings. The fourth-order valence-electron chi connectivity index (χ4n) is 4.87. The number of aromatic nitrogens is 2. The minimum absolute atomic E-state index is 0.235. The van der Waals surface area contributed by atoms with Gasteiger partial charge in [0.2, 0.25) is 0 Å². The van der Waals surface area contributed by atoms with Gasteiger partial charge in [-0.3, -0.25) is 4.79 Å². The van der Waals surface area contributed by atoms with Crippen LogP contribution in [0.2, 0.25) is 0 Å². The first-order valence-corrected chi connectivity index (χ1v) is 12.1. The summed E-state index contributed by atoms with van der Waals surface area (Å²) in [6.07, 6.45) is -0.000888. The van der Waals surface area contributed by atoms with Crippen LogP contribution in [0.5, 0.6) is 5.75 Å². The highest BCUT2D eigenvalue weighted by Gasteiger charge is 2.52. The molecule has 0 saturated carbocycles. The first-order valence-electron chi connectivity index (χ1n) is 10.2. The molecule has 1 aromatic carbocycles. The van der Waals surface area contributed by atoms with Gasteiger partial charge in [0.1, 0.15) is 11.9 Å². The highest BCUT2D eigenvalue weighted by molar-refractivity contribution is 7.91. The van der Waals surface area contributed by atoms with Crippen molar-refractivity contribution in [3.63, 3.8) is 0 Å². The minimum Gasteiger partial charge on any atom is -0.495 e. The number of rotatable bonds is 4. The van der Waals surface area contributed by atoms with E-state index in [1.165, 1.54) is 0 Å². The van der Waals surface area contributed by atoms with Crippen LogP contribution < -0.4 is 25.9 Å². The zero-order valence-corrected chi connectivity index (χ0v) is 18.1. The summed E-state index contributed by atoms with van der Waals surface area (Å²) in [4.78, 5) is 30.9. The van der Waals surface area contributed by atoms with Gasteiger partial charge in [-0.25, -0.2) is 13.2 Å². The van der Waals surface area contributed by atoms with Gasteiger partial charge in [0.25, 0.3) is 5.56 Å². The summed E-state index contributed by atoms with van der Waals surface area (Å²) in [5.41, 5.74) is 0.654. The number of H-pyrrole nitrogens is 1. The molecule has 2 saturated heterocycles. The van der Waals surface area contributed by atoms with Crippen molar-refractivity contribution in [1.29, 1.82) is 0 Å². The van der Waals surface area contributed by atoms with Crippen molar-refractivity contribution in [3.05, 3.63) is 56.4 Å². The van der Waals surface area contributed by atoms with Crippen LogP contribution >= 0.6 is 0 Å². The molecule has 0 aliphatic carbocycles. The second kappa shape index (κ2) is 7.13. The summed E-state index contributed by atoms with van der Waals surface area (Å²) in [5, 5.41) is 0.994. The number of nitrogens with zero attached hydrogens (tertiary/aromatic N) is 3. The van der Waals surface area contributed by atoms with E-state index in [4.69, 9.17) is 9.47 Å². The topological polar surface area (TPSA) is 114 Å². The van der Waals surface area contributed by atoms with Crippen molar-refractivity contribution in [2.24, 2.45) is 0 Å². The predicted molar refractivity (Wildman–Crippen MR) is 114 cm³/mol. The lowest BCUT2D eigenvalue weighted by Crippen LogP contribution is -2.59. The smallest absolute Gasteiger partial charge is 0.347 e. The molecule has 0 radical (unpaired) electrons. The van der Waals surface area contributed by atoms with Crippen LogP contribution in [0.15, 0.2) is 33.9 Å². The number of fused-ring (bicyclic) bond motifs is 5. The number of methoxy groups -OCH3 is 1. The average molecular weight is 449 g/mol. The molecule has 1 aromatic heterocycles. The first kappa shape index (κ1) is 20.1. The standard InChI is InChI=1S/C20H24N4O6S/c1-29-13-6-4-3-5-12(13)22-7-9-23(10-8-22)24-19(25)16-14-11-15(31(2,27)28)18(30-14)17(16)21-20(24)26/h3-6,14-15,18H,7-11H2,1-2H3,(H,21,26)/t14-,15+,18+/m1/s1. The van der Waals surface area contributed by atoms with E-state index in [1.807, 2.05) is 24.3 Å². The number of ether oxygens (including phenoxy) is 2. The molecule has 0 spiro atoms. The average Bonchev–Trinajstić information content (AvgIpc) is 3.33. The molecule has 0 unspecified atom stereocenters. The van der Waals surface area contributed by atoms with Gasteiger partial charge in [-0.15, -0.1) is 0 Å². The number of hydrogen-bond acceptors (Lipinski definition) is 8. The Morgan fingerprint density at radius 2 is 1.84 bits per heavy atom. The molecule has 2 bridgehead atoms. The Bertz CT molecular complexity index is 1250. The summed E-state index contributed by atoms with van der Waals surface area (Å²) in [6.45, 7) is 2.17. The van der Waals surface area contributed by atoms with Gasteiger partial charge >= 0.3 is 5.69 Å². The summed E-state index contributed by atoms with van der Waals surface area (Å²) in [6, 6.07) is 7.73. The Morgan fingerprint density at radius 3 is 2.52 bits per heavy atom. The molecule has 3 atom stereocenters. The van der Waals surface area contributed by atoms with Crippen LogP contribution in [0.3, 0.4) is 0 Å². The number of benzene rings is 1. The van der Waals surface area contributed by atoms with E-state index in [0.717, 1.165) is 22.4 Å². The monoisotopic (exact) mass is 448 g/mol. The maximum atomic E-state index is 13.2. The van der Waals surface area contributed by atoms with Crippen molar-refractivity contribution >= 4 is 15.5 Å². The third kappa shape index (κ3) is 3.14. The fourth-order valence-corrected chi connectivity index (χ4v) is 6.04. The molecule has 166 valence electrons. The number of para-hydroxylation sites is 2. The number of sulfone groups is 1. The lowest BCUT2D eigenvalue weighted by Gasteiger charge is -2.37. The van der Waals surface area contributed by atoms with Gasteiger partial charge in [-0.2, -0.15) is 4.68 Å². The predicted octanol–water partition coefficient (Wildman–Crippen LogP) is -0.0673. The molecule has 2 fully saturated rings. The van der Waals surface area contributed by atoms with Gasteiger partial charge in [-0.1, -0.05) is 12.1 Å². The van der Waals surface area contributed by atoms with Crippen LogP contribution in [0.25, 0.3) is 0 Å². The number of hydrogen-bond donors (Lipinski definition) is 1. The molecular formula is C20H24N4O6S. The van der Waals surface area contributed by atoms with E-state index in [0.29, 0.717) is 37.4 Å². The number of aromatic amines is 1. The summed E-state index contributed by atoms with van der Waals surface area (Å²) < 4.78 is 36.4. The zero-order chi connectivity index (χ0) is 21.9. The van der Waals surface area contributed by atoms with E-state index < -0.39 is 38.5 Å². The maximum Gasteiger partial charge on any atom is 0.347 e. The van der Waals surface area contributed by atoms with Crippen LogP contribution in [0.1, 0.15) is 29.9 Å². The molecule has 10 nitrogen and oxygen atoms in total. The zero-order valence-electron chi connectivity index (χ0n) is 17.3. The lowest BCUT2D eigenvalue weighted by molar-refractivity contribution is 0.0706. The van der Waals surface area contributed by atoms with Crippen molar-refractivity contribution < 1.29 is 17.9 Å². The largest absolute Gasteiger partial charge is 0.495 e. The van der Waals surface area contributed by atoms with E-state index in [1.54, 1.807) is 12.1 Å². The SMILES string of the molecule is COc1ccccc1N1CCN(n2c(=O)[nH]c3c(c2=O)[C@H]2C[C@H](S(C)(=O)=O)[C@@H]3O2)CC1. The molecule has 0 amide bonds. The normalized spacial score (nSPS) is 25.0. The highest BCUT2D eigenvalue weighted by Crippen LogP contribution is 2.50. The summed E-state index contributed by atoms with van der Waals surface area (Å²) >= 11 is 0. The van der Waals surface area contributed by atoms with Crippen molar-refractivity contribution in [2.75, 3.05) is 49.5 Å². The molecule has 5 rings (SSSR count). The molecule has 4 heterocycles. The Labute approximate surface area is 178 Å². The number of nitrogens with one attached hydrogen (secondary N) is 1. The Balaban J connectivity index is 1.42. The van der Waals surface area contributed by atoms with Gasteiger partial charge in [0, 0.05) is 19.3 Å². The second-order valence-corrected chi connectivity index (χ2v) is 10.4. The highest BCUT2D eigenvalue weighted by atomic mass is 32.2. The first-order chi connectivity index (χ1) is 14.8. The molecular weight excluding hydrogens is 424 g/mol. The van der Waals surface area contributed by atoms with Crippen LogP contribution in [-0.2, 0) is 14.6 Å². The number of piperazine rings is 1. The fraction of sp³-hybridized carbons (Fsp3) is 0.500. The third-order valence-corrected chi connectivity index (χ3v) is 7.90. The van der Waals surface area contributed by atoms with E-state index >= 15 is 0 Å². The molecule has 2 aromatic rings. The van der Waals surface area contributed by atoms with Crippen molar-refractivity contribution in [2.45, 2.75) is 23.9 Å². The van der Waals surface area contributed by atoms with Crippen LogP contribution in [-0.4, -0.2) is 62.9 Å². The Kier molecular flexibility index (Phi) is 4.63.